The molecule has 13 heteroatoms. The number of carbonyl (C=O) groups excluding carboxylic acids is 1. The molecule has 0 saturated carbocycles. The van der Waals surface area contributed by atoms with Crippen molar-refractivity contribution in [3.05, 3.63) is 76.5 Å². The van der Waals surface area contributed by atoms with Crippen LogP contribution in [0.2, 0.25) is 0 Å². The summed E-state index contributed by atoms with van der Waals surface area (Å²) in [7, 11) is 0. The molecule has 2 aromatic carbocycles. The molecule has 2 N–H and O–H groups in total. The van der Waals surface area contributed by atoms with Crippen molar-refractivity contribution in [1.82, 2.24) is 24.4 Å². The number of nitrogens with zero attached hydrogens (tertiary/aromatic N) is 6. The average molecular weight is 648 g/mol. The van der Waals surface area contributed by atoms with Gasteiger partial charge in [0.2, 0.25) is 5.91 Å². The van der Waals surface area contributed by atoms with E-state index < -0.39 is 46.1 Å². The van der Waals surface area contributed by atoms with Gasteiger partial charge in [-0.3, -0.25) is 9.36 Å². The summed E-state index contributed by atoms with van der Waals surface area (Å²) in [5.74, 6) is -4.84. The second-order valence-corrected chi connectivity index (χ2v) is 12.7. The largest absolute Gasteiger partial charge is 0.507 e. The van der Waals surface area contributed by atoms with Gasteiger partial charge >= 0.3 is 5.69 Å². The molecule has 1 fully saturated rings. The van der Waals surface area contributed by atoms with Crippen LogP contribution in [0.15, 0.2) is 42.0 Å². The van der Waals surface area contributed by atoms with Crippen molar-refractivity contribution in [1.29, 1.82) is 0 Å². The van der Waals surface area contributed by atoms with Crippen LogP contribution >= 0.6 is 0 Å². The van der Waals surface area contributed by atoms with Crippen LogP contribution in [0, 0.1) is 17.5 Å². The number of aromatic hydroxyl groups is 1. The van der Waals surface area contributed by atoms with Crippen LogP contribution in [0.5, 0.6) is 5.75 Å². The molecule has 4 heterocycles. The minimum atomic E-state index is -1.26. The number of hydrogen-bond donors (Lipinski definition) is 2. The number of phenols is 1. The lowest BCUT2D eigenvalue weighted by Gasteiger charge is -2.47. The van der Waals surface area contributed by atoms with Crippen molar-refractivity contribution in [2.24, 2.45) is 0 Å². The highest BCUT2D eigenvalue weighted by molar-refractivity contribution is 6.05. The number of anilines is 2. The van der Waals surface area contributed by atoms with Crippen LogP contribution in [0.1, 0.15) is 64.3 Å². The molecule has 10 nitrogen and oxygen atoms in total. The van der Waals surface area contributed by atoms with Gasteiger partial charge < -0.3 is 20.2 Å². The Balaban J connectivity index is 1.81. The number of phenolic OH excluding ortho intramolecular Hbond substituents is 1. The van der Waals surface area contributed by atoms with E-state index in [0.717, 1.165) is 16.7 Å². The summed E-state index contributed by atoms with van der Waals surface area (Å²) in [6, 6.07) is 2.58. The minimum absolute atomic E-state index is 0.0304. The fourth-order valence-corrected chi connectivity index (χ4v) is 6.89. The van der Waals surface area contributed by atoms with Crippen LogP contribution in [0.3, 0.4) is 0 Å². The molecule has 2 unspecified atom stereocenters. The van der Waals surface area contributed by atoms with E-state index in [4.69, 9.17) is 0 Å². The highest BCUT2D eigenvalue weighted by Crippen LogP contribution is 2.46. The van der Waals surface area contributed by atoms with E-state index in [1.807, 2.05) is 39.5 Å². The molecule has 0 aliphatic carbocycles. The zero-order valence-electron chi connectivity index (χ0n) is 26.8. The number of aromatic nitrogens is 4. The van der Waals surface area contributed by atoms with Crippen molar-refractivity contribution in [3.63, 3.8) is 0 Å². The summed E-state index contributed by atoms with van der Waals surface area (Å²) < 4.78 is 50.6. The van der Waals surface area contributed by atoms with Crippen molar-refractivity contribution >= 4 is 28.3 Å². The van der Waals surface area contributed by atoms with Crippen molar-refractivity contribution in [2.45, 2.75) is 65.0 Å². The van der Waals surface area contributed by atoms with E-state index in [1.165, 1.54) is 18.5 Å². The van der Waals surface area contributed by atoms with Crippen LogP contribution in [-0.2, 0) is 4.79 Å². The van der Waals surface area contributed by atoms with Crippen molar-refractivity contribution < 1.29 is 23.1 Å². The number of piperazine rings is 1. The molecule has 4 aromatic rings. The topological polar surface area (TPSA) is 116 Å². The lowest BCUT2D eigenvalue weighted by Crippen LogP contribution is -2.60. The third-order valence-corrected chi connectivity index (χ3v) is 8.93. The van der Waals surface area contributed by atoms with Crippen LogP contribution in [-0.4, -0.2) is 67.2 Å². The quantitative estimate of drug-likeness (QED) is 0.268. The second-order valence-electron chi connectivity index (χ2n) is 12.7. The molecule has 2 aliphatic rings. The molecule has 0 spiro atoms. The molecule has 6 rings (SSSR count). The summed E-state index contributed by atoms with van der Waals surface area (Å²) in [4.78, 5) is 43.9. The molecule has 1 saturated heterocycles. The molecule has 47 heavy (non-hydrogen) atoms. The van der Waals surface area contributed by atoms with E-state index in [1.54, 1.807) is 4.90 Å². The van der Waals surface area contributed by atoms with Gasteiger partial charge in [-0.15, -0.1) is 0 Å². The SMILES string of the molecule is C=CC(=O)N1CC(C)N2c3nc(=O)n(-c4c(C(C)C)ncnc4C(C)C)c4c(F)c(-c5c(O)cccc5F)c(F)c(c34)NCCC2C1. The summed E-state index contributed by atoms with van der Waals surface area (Å²) in [6.07, 6.45) is 3.01. The van der Waals surface area contributed by atoms with E-state index in [-0.39, 0.29) is 71.5 Å². The zero-order chi connectivity index (χ0) is 33.9. The molecule has 1 amide bonds. The predicted octanol–water partition coefficient (Wildman–Crippen LogP) is 5.62. The molecule has 0 radical (unpaired) electrons. The number of hydrogen-bond acceptors (Lipinski definition) is 8. The Kier molecular flexibility index (Phi) is 8.18. The Bertz CT molecular complexity index is 1950. The number of nitrogens with one attached hydrogen (secondary N) is 1. The number of amides is 1. The fraction of sp³-hybridized carbons (Fsp3) is 0.382. The maximum atomic E-state index is 17.4. The van der Waals surface area contributed by atoms with E-state index in [9.17, 15) is 14.7 Å². The Hall–Kier alpha value is -4.94. The van der Waals surface area contributed by atoms with Gasteiger partial charge in [0.05, 0.1) is 45.3 Å². The summed E-state index contributed by atoms with van der Waals surface area (Å²) in [6.45, 7) is 13.6. The smallest absolute Gasteiger partial charge is 0.354 e. The highest BCUT2D eigenvalue weighted by Gasteiger charge is 2.40. The second kappa shape index (κ2) is 12.0. The lowest BCUT2D eigenvalue weighted by atomic mass is 9.95. The molecular formula is C34H36F3N7O3. The number of fused-ring (bicyclic) bond motifs is 2. The first-order chi connectivity index (χ1) is 22.4. The first-order valence-electron chi connectivity index (χ1n) is 15.6. The number of carbonyl (C=O) groups is 1. The van der Waals surface area contributed by atoms with Gasteiger partial charge in [0.1, 0.15) is 29.2 Å². The first-order valence-corrected chi connectivity index (χ1v) is 15.6. The van der Waals surface area contributed by atoms with Crippen molar-refractivity contribution in [3.8, 4) is 22.6 Å². The maximum Gasteiger partial charge on any atom is 0.354 e. The molecular weight excluding hydrogens is 611 g/mol. The Morgan fingerprint density at radius 3 is 2.36 bits per heavy atom. The minimum Gasteiger partial charge on any atom is -0.507 e. The third-order valence-electron chi connectivity index (χ3n) is 8.93. The van der Waals surface area contributed by atoms with Gasteiger partial charge in [-0.25, -0.2) is 27.9 Å². The Morgan fingerprint density at radius 2 is 1.74 bits per heavy atom. The van der Waals surface area contributed by atoms with Crippen LogP contribution in [0.25, 0.3) is 27.7 Å². The standard InChI is InChI=1S/C34H36F3N7O3/c1-7-22(46)42-13-18(6)43-19(14-42)11-12-38-30-25-31(27(37)24(26(30)36)23-20(35)9-8-10-21(23)45)44(34(47)41-33(25)43)32-28(16(2)3)39-15-40-29(32)17(4)5/h7-10,15-19,38,45H,1,11-14H2,2-6H3. The lowest BCUT2D eigenvalue weighted by molar-refractivity contribution is -0.127. The number of rotatable bonds is 5. The Morgan fingerprint density at radius 1 is 1.06 bits per heavy atom. The number of halogens is 3. The van der Waals surface area contributed by atoms with Crippen molar-refractivity contribution in [2.75, 3.05) is 29.9 Å². The van der Waals surface area contributed by atoms with Gasteiger partial charge in [0.25, 0.3) is 0 Å². The van der Waals surface area contributed by atoms with Gasteiger partial charge in [-0.05, 0) is 43.4 Å². The predicted molar refractivity (Wildman–Crippen MR) is 174 cm³/mol. The maximum absolute atomic E-state index is 17.4. The molecule has 246 valence electrons. The van der Waals surface area contributed by atoms with Gasteiger partial charge in [-0.2, -0.15) is 4.98 Å². The fourth-order valence-electron chi connectivity index (χ4n) is 6.89. The molecule has 0 bridgehead atoms. The van der Waals surface area contributed by atoms with Gasteiger partial charge in [0, 0.05) is 25.7 Å². The number of benzene rings is 2. The molecule has 2 aromatic heterocycles. The van der Waals surface area contributed by atoms with Crippen LogP contribution < -0.4 is 15.9 Å². The van der Waals surface area contributed by atoms with E-state index in [0.29, 0.717) is 17.8 Å². The van der Waals surface area contributed by atoms with Gasteiger partial charge in [0.15, 0.2) is 11.6 Å². The third kappa shape index (κ3) is 5.08. The average Bonchev–Trinajstić information content (AvgIpc) is 3.01. The van der Waals surface area contributed by atoms with Crippen LogP contribution in [0.4, 0.5) is 24.7 Å². The van der Waals surface area contributed by atoms with Gasteiger partial charge in [-0.1, -0.05) is 40.3 Å². The van der Waals surface area contributed by atoms with E-state index in [2.05, 4.69) is 26.8 Å². The summed E-state index contributed by atoms with van der Waals surface area (Å²) in [5, 5.41) is 13.7. The normalized spacial score (nSPS) is 17.8. The monoisotopic (exact) mass is 647 g/mol. The first kappa shape index (κ1) is 32.0. The molecule has 2 aliphatic heterocycles. The zero-order valence-corrected chi connectivity index (χ0v) is 26.8. The highest BCUT2D eigenvalue weighted by atomic mass is 19.1. The summed E-state index contributed by atoms with van der Waals surface area (Å²) in [5.41, 5.74) is -1.87. The molecule has 2 atom stereocenters. The summed E-state index contributed by atoms with van der Waals surface area (Å²) >= 11 is 0. The Labute approximate surface area is 269 Å². The van der Waals surface area contributed by atoms with E-state index >= 15 is 13.2 Å².